The van der Waals surface area contributed by atoms with Gasteiger partial charge in [-0.25, -0.2) is 0 Å². The molecular formula is C30H26O2. The number of benzene rings is 4. The molecular weight excluding hydrogens is 392 g/mol. The first kappa shape index (κ1) is 19.3. The van der Waals surface area contributed by atoms with Crippen LogP contribution in [-0.4, -0.2) is 5.97 Å². The molecule has 0 unspecified atom stereocenters. The van der Waals surface area contributed by atoms with Gasteiger partial charge in [0.1, 0.15) is 5.75 Å². The van der Waals surface area contributed by atoms with Crippen LogP contribution in [0.4, 0.5) is 0 Å². The van der Waals surface area contributed by atoms with Crippen molar-refractivity contribution in [3.8, 4) is 16.9 Å². The second-order valence-electron chi connectivity index (χ2n) is 9.76. The van der Waals surface area contributed by atoms with Gasteiger partial charge in [0, 0.05) is 17.7 Å². The van der Waals surface area contributed by atoms with E-state index in [1.165, 1.54) is 57.0 Å². The summed E-state index contributed by atoms with van der Waals surface area (Å²) >= 11 is 0. The number of aryl methyl sites for hydroxylation is 1. The standard InChI is InChI=1S/C30H26O2/c1-17-13-25-29(24-15-20-10-6-5-9-19(20)14-23(17)24)28-22-12-8-7-11-21(22)27(32-18(2)31)16-26(28)30(25,3)4/h5-13,16H,14-15H2,1-4H3. The molecule has 158 valence electrons. The number of esters is 1. The molecule has 2 heteroatoms. The topological polar surface area (TPSA) is 26.3 Å². The van der Waals surface area contributed by atoms with E-state index in [-0.39, 0.29) is 11.4 Å². The van der Waals surface area contributed by atoms with Crippen molar-refractivity contribution < 1.29 is 9.53 Å². The van der Waals surface area contributed by atoms with Gasteiger partial charge >= 0.3 is 5.97 Å². The van der Waals surface area contributed by atoms with Crippen molar-refractivity contribution in [2.45, 2.75) is 46.0 Å². The first-order valence-corrected chi connectivity index (χ1v) is 11.3. The van der Waals surface area contributed by atoms with Gasteiger partial charge in [0.2, 0.25) is 0 Å². The molecule has 32 heavy (non-hydrogen) atoms. The van der Waals surface area contributed by atoms with Crippen molar-refractivity contribution in [2.24, 2.45) is 0 Å². The van der Waals surface area contributed by atoms with Crippen LogP contribution >= 0.6 is 0 Å². The van der Waals surface area contributed by atoms with Gasteiger partial charge < -0.3 is 4.74 Å². The molecule has 4 aromatic carbocycles. The number of hydrogen-bond acceptors (Lipinski definition) is 2. The number of ether oxygens (including phenoxy) is 1. The van der Waals surface area contributed by atoms with Gasteiger partial charge in [0.05, 0.1) is 0 Å². The highest BCUT2D eigenvalue weighted by Crippen LogP contribution is 2.56. The molecule has 6 rings (SSSR count). The Morgan fingerprint density at radius 3 is 2.09 bits per heavy atom. The van der Waals surface area contributed by atoms with Crippen molar-refractivity contribution in [1.82, 2.24) is 0 Å². The van der Waals surface area contributed by atoms with Gasteiger partial charge in [-0.2, -0.15) is 0 Å². The highest BCUT2D eigenvalue weighted by Gasteiger charge is 2.40. The second kappa shape index (κ2) is 6.56. The zero-order valence-electron chi connectivity index (χ0n) is 19.0. The minimum Gasteiger partial charge on any atom is -0.426 e. The summed E-state index contributed by atoms with van der Waals surface area (Å²) in [5, 5.41) is 2.16. The lowest BCUT2D eigenvalue weighted by molar-refractivity contribution is -0.131. The number of carbonyl (C=O) groups is 1. The Bertz CT molecular complexity index is 1460. The number of rotatable bonds is 1. The van der Waals surface area contributed by atoms with Crippen LogP contribution in [0.2, 0.25) is 0 Å². The lowest BCUT2D eigenvalue weighted by atomic mass is 9.77. The average molecular weight is 419 g/mol. The normalized spacial score (nSPS) is 15.0. The fraction of sp³-hybridized carbons (Fsp3) is 0.233. The molecule has 0 aliphatic heterocycles. The summed E-state index contributed by atoms with van der Waals surface area (Å²) in [6.45, 7) is 8.33. The first-order valence-electron chi connectivity index (χ1n) is 11.3. The van der Waals surface area contributed by atoms with E-state index in [0.29, 0.717) is 5.75 Å². The Kier molecular flexibility index (Phi) is 3.96. The Balaban J connectivity index is 1.71. The van der Waals surface area contributed by atoms with Crippen LogP contribution in [0.15, 0.2) is 60.7 Å². The third-order valence-electron chi connectivity index (χ3n) is 7.48. The van der Waals surface area contributed by atoms with Crippen molar-refractivity contribution >= 4 is 16.7 Å². The smallest absolute Gasteiger partial charge is 0.308 e. The molecule has 2 aliphatic rings. The maximum atomic E-state index is 11.9. The van der Waals surface area contributed by atoms with E-state index in [0.717, 1.165) is 23.6 Å². The van der Waals surface area contributed by atoms with E-state index < -0.39 is 0 Å². The number of fused-ring (bicyclic) bond motifs is 8. The molecule has 0 N–H and O–H groups in total. The van der Waals surface area contributed by atoms with Crippen molar-refractivity contribution in [3.63, 3.8) is 0 Å². The van der Waals surface area contributed by atoms with Gasteiger partial charge in [-0.1, -0.05) is 68.4 Å². The Morgan fingerprint density at radius 2 is 1.41 bits per heavy atom. The lowest BCUT2D eigenvalue weighted by Gasteiger charge is -2.27. The van der Waals surface area contributed by atoms with Gasteiger partial charge in [0.25, 0.3) is 0 Å². The van der Waals surface area contributed by atoms with Gasteiger partial charge in [-0.15, -0.1) is 0 Å². The molecule has 0 fully saturated rings. The van der Waals surface area contributed by atoms with Crippen LogP contribution in [0.1, 0.15) is 59.7 Å². The third-order valence-corrected chi connectivity index (χ3v) is 7.48. The van der Waals surface area contributed by atoms with Crippen LogP contribution in [0.5, 0.6) is 5.75 Å². The van der Waals surface area contributed by atoms with Crippen LogP contribution in [-0.2, 0) is 23.1 Å². The third kappa shape index (κ3) is 2.56. The largest absolute Gasteiger partial charge is 0.426 e. The first-order chi connectivity index (χ1) is 15.4. The van der Waals surface area contributed by atoms with E-state index in [1.54, 1.807) is 0 Å². The highest BCUT2D eigenvalue weighted by molar-refractivity contribution is 6.06. The predicted molar refractivity (Wildman–Crippen MR) is 130 cm³/mol. The fourth-order valence-corrected chi connectivity index (χ4v) is 5.92. The molecule has 2 aliphatic carbocycles. The van der Waals surface area contributed by atoms with Crippen LogP contribution in [0.3, 0.4) is 0 Å². The van der Waals surface area contributed by atoms with E-state index in [1.807, 2.05) is 6.07 Å². The lowest BCUT2D eigenvalue weighted by Crippen LogP contribution is -2.17. The molecule has 0 saturated heterocycles. The molecule has 0 aromatic heterocycles. The van der Waals surface area contributed by atoms with Crippen molar-refractivity contribution in [2.75, 3.05) is 0 Å². The molecule has 0 atom stereocenters. The summed E-state index contributed by atoms with van der Waals surface area (Å²) in [6.07, 6.45) is 1.95. The summed E-state index contributed by atoms with van der Waals surface area (Å²) in [5.74, 6) is 0.372. The van der Waals surface area contributed by atoms with Crippen molar-refractivity contribution in [3.05, 3.63) is 99.6 Å². The number of carbonyl (C=O) groups excluding carboxylic acids is 1. The predicted octanol–water partition coefficient (Wildman–Crippen LogP) is 6.87. The second-order valence-corrected chi connectivity index (χ2v) is 9.76. The molecule has 0 saturated carbocycles. The summed E-state index contributed by atoms with van der Waals surface area (Å²) in [7, 11) is 0. The summed E-state index contributed by atoms with van der Waals surface area (Å²) in [5.41, 5.74) is 12.4. The maximum absolute atomic E-state index is 11.9. The Morgan fingerprint density at radius 1 is 0.812 bits per heavy atom. The summed E-state index contributed by atoms with van der Waals surface area (Å²) < 4.78 is 5.69. The zero-order chi connectivity index (χ0) is 22.2. The van der Waals surface area contributed by atoms with Crippen LogP contribution < -0.4 is 4.74 Å². The summed E-state index contributed by atoms with van der Waals surface area (Å²) in [6, 6.07) is 21.7. The van der Waals surface area contributed by atoms with Crippen LogP contribution in [0.25, 0.3) is 21.9 Å². The van der Waals surface area contributed by atoms with Gasteiger partial charge in [-0.05, 0) is 81.3 Å². The molecule has 0 spiro atoms. The zero-order valence-corrected chi connectivity index (χ0v) is 19.0. The Hall–Kier alpha value is -3.39. The minimum absolute atomic E-state index is 0.166. The monoisotopic (exact) mass is 418 g/mol. The van der Waals surface area contributed by atoms with E-state index >= 15 is 0 Å². The van der Waals surface area contributed by atoms with E-state index in [4.69, 9.17) is 4.74 Å². The van der Waals surface area contributed by atoms with Gasteiger partial charge in [0.15, 0.2) is 0 Å². The summed E-state index contributed by atoms with van der Waals surface area (Å²) in [4.78, 5) is 11.9. The van der Waals surface area contributed by atoms with Gasteiger partial charge in [-0.3, -0.25) is 4.79 Å². The van der Waals surface area contributed by atoms with E-state index in [9.17, 15) is 4.79 Å². The molecule has 4 aromatic rings. The molecule has 0 heterocycles. The quantitative estimate of drug-likeness (QED) is 0.219. The molecule has 0 amide bonds. The molecule has 0 radical (unpaired) electrons. The maximum Gasteiger partial charge on any atom is 0.308 e. The fourth-order valence-electron chi connectivity index (χ4n) is 5.92. The van der Waals surface area contributed by atoms with Crippen LogP contribution in [0, 0.1) is 6.92 Å². The van der Waals surface area contributed by atoms with E-state index in [2.05, 4.69) is 75.4 Å². The highest BCUT2D eigenvalue weighted by atomic mass is 16.5. The molecule has 0 bridgehead atoms. The molecule has 2 nitrogen and oxygen atoms in total. The van der Waals surface area contributed by atoms with Crippen molar-refractivity contribution in [1.29, 1.82) is 0 Å². The Labute approximate surface area is 188 Å². The SMILES string of the molecule is CC(=O)Oc1cc2c(c3ccccc13)-c1c(cc(C)c3c1Cc1ccccc1C3)C2(C)C. The average Bonchev–Trinajstić information content (AvgIpc) is 3.00. The minimum atomic E-state index is -0.284. The number of hydrogen-bond donors (Lipinski definition) is 0.